The standard InChI is InChI=1S/C23H27N3O5/c1-14-20(16(3)27)15(2)24-21(14)23(30)31-13-19(28)26-11-9-17(10-12-26)22(29)25-18-7-5-4-6-8-18/h4-8,17,24H,9-13H2,1-3H3,(H,25,29). The Labute approximate surface area is 181 Å². The first-order chi connectivity index (χ1) is 14.8. The lowest BCUT2D eigenvalue weighted by Crippen LogP contribution is -2.43. The number of nitrogens with zero attached hydrogens (tertiary/aromatic N) is 1. The number of anilines is 1. The van der Waals surface area contributed by atoms with E-state index in [1.807, 2.05) is 30.3 Å². The molecule has 0 saturated carbocycles. The molecule has 0 atom stereocenters. The third kappa shape index (κ3) is 5.20. The Kier molecular flexibility index (Phi) is 6.89. The van der Waals surface area contributed by atoms with E-state index in [1.165, 1.54) is 6.92 Å². The normalized spacial score (nSPS) is 14.2. The van der Waals surface area contributed by atoms with Crippen LogP contribution in [0.4, 0.5) is 5.69 Å². The van der Waals surface area contributed by atoms with Gasteiger partial charge in [-0.05, 0) is 51.3 Å². The number of aromatic nitrogens is 1. The Bertz CT molecular complexity index is 988. The Morgan fingerprint density at radius 2 is 1.74 bits per heavy atom. The van der Waals surface area contributed by atoms with Crippen LogP contribution >= 0.6 is 0 Å². The number of hydrogen-bond donors (Lipinski definition) is 2. The summed E-state index contributed by atoms with van der Waals surface area (Å²) >= 11 is 0. The molecule has 31 heavy (non-hydrogen) atoms. The summed E-state index contributed by atoms with van der Waals surface area (Å²) < 4.78 is 5.17. The number of benzene rings is 1. The predicted molar refractivity (Wildman–Crippen MR) is 115 cm³/mol. The van der Waals surface area contributed by atoms with Gasteiger partial charge in [0.2, 0.25) is 5.91 Å². The molecule has 3 rings (SSSR count). The number of ether oxygens (including phenoxy) is 1. The number of hydrogen-bond acceptors (Lipinski definition) is 5. The van der Waals surface area contributed by atoms with Crippen LogP contribution in [0.25, 0.3) is 0 Å². The summed E-state index contributed by atoms with van der Waals surface area (Å²) in [6.45, 7) is 5.29. The number of likely N-dealkylation sites (tertiary alicyclic amines) is 1. The van der Waals surface area contributed by atoms with Gasteiger partial charge in [-0.25, -0.2) is 4.79 Å². The van der Waals surface area contributed by atoms with Gasteiger partial charge in [-0.3, -0.25) is 14.4 Å². The lowest BCUT2D eigenvalue weighted by molar-refractivity contribution is -0.137. The van der Waals surface area contributed by atoms with E-state index in [0.717, 1.165) is 5.69 Å². The molecule has 0 unspecified atom stereocenters. The van der Waals surface area contributed by atoms with Gasteiger partial charge in [0.15, 0.2) is 12.4 Å². The molecule has 1 aliphatic rings. The minimum Gasteiger partial charge on any atom is -0.451 e. The molecule has 0 aliphatic carbocycles. The molecule has 2 N–H and O–H groups in total. The van der Waals surface area contributed by atoms with Crippen molar-refractivity contribution >= 4 is 29.3 Å². The average Bonchev–Trinajstić information content (AvgIpc) is 3.06. The number of esters is 1. The van der Waals surface area contributed by atoms with E-state index < -0.39 is 5.97 Å². The molecule has 2 amide bonds. The minimum atomic E-state index is -0.668. The molecule has 0 spiro atoms. The van der Waals surface area contributed by atoms with E-state index in [9.17, 15) is 19.2 Å². The average molecular weight is 425 g/mol. The van der Waals surface area contributed by atoms with Crippen LogP contribution in [0.3, 0.4) is 0 Å². The summed E-state index contributed by atoms with van der Waals surface area (Å²) in [5, 5.41) is 2.89. The zero-order chi connectivity index (χ0) is 22.5. The van der Waals surface area contributed by atoms with Crippen LogP contribution in [0.1, 0.15) is 51.9 Å². The zero-order valence-electron chi connectivity index (χ0n) is 18.0. The molecular weight excluding hydrogens is 398 g/mol. The second-order valence-corrected chi connectivity index (χ2v) is 7.77. The molecule has 1 aliphatic heterocycles. The number of carbonyl (C=O) groups excluding carboxylic acids is 4. The Hall–Kier alpha value is -3.42. The van der Waals surface area contributed by atoms with Crippen molar-refractivity contribution in [2.24, 2.45) is 5.92 Å². The maximum Gasteiger partial charge on any atom is 0.355 e. The number of aromatic amines is 1. The van der Waals surface area contributed by atoms with Gasteiger partial charge in [-0.2, -0.15) is 0 Å². The number of carbonyl (C=O) groups is 4. The quantitative estimate of drug-likeness (QED) is 0.546. The number of nitrogens with one attached hydrogen (secondary N) is 2. The van der Waals surface area contributed by atoms with Gasteiger partial charge in [-0.15, -0.1) is 0 Å². The molecule has 0 bridgehead atoms. The number of piperidine rings is 1. The highest BCUT2D eigenvalue weighted by Crippen LogP contribution is 2.21. The van der Waals surface area contributed by atoms with Crippen molar-refractivity contribution in [2.75, 3.05) is 25.0 Å². The lowest BCUT2D eigenvalue weighted by Gasteiger charge is -2.31. The van der Waals surface area contributed by atoms with E-state index in [0.29, 0.717) is 42.8 Å². The third-order valence-electron chi connectivity index (χ3n) is 5.58. The molecule has 1 aromatic carbocycles. The van der Waals surface area contributed by atoms with Gasteiger partial charge in [0.25, 0.3) is 5.91 Å². The Morgan fingerprint density at radius 1 is 1.10 bits per heavy atom. The number of Topliss-reactive ketones (excluding diaryl/α,β-unsaturated/α-hetero) is 1. The lowest BCUT2D eigenvalue weighted by atomic mass is 9.95. The van der Waals surface area contributed by atoms with Crippen LogP contribution in [0.2, 0.25) is 0 Å². The number of rotatable bonds is 6. The summed E-state index contributed by atoms with van der Waals surface area (Å²) in [7, 11) is 0. The monoisotopic (exact) mass is 425 g/mol. The van der Waals surface area contributed by atoms with Crippen LogP contribution in [0, 0.1) is 19.8 Å². The predicted octanol–water partition coefficient (Wildman–Crippen LogP) is 2.87. The van der Waals surface area contributed by atoms with Crippen molar-refractivity contribution in [1.82, 2.24) is 9.88 Å². The minimum absolute atomic E-state index is 0.0522. The summed E-state index contributed by atoms with van der Waals surface area (Å²) in [6.07, 6.45) is 1.10. The highest BCUT2D eigenvalue weighted by atomic mass is 16.5. The van der Waals surface area contributed by atoms with Crippen LogP contribution < -0.4 is 5.32 Å². The fourth-order valence-electron chi connectivity index (χ4n) is 3.93. The number of ketones is 1. The highest BCUT2D eigenvalue weighted by molar-refractivity contribution is 6.01. The van der Waals surface area contributed by atoms with Gasteiger partial charge in [0, 0.05) is 36.0 Å². The number of aryl methyl sites for hydroxylation is 1. The van der Waals surface area contributed by atoms with Gasteiger partial charge < -0.3 is 19.9 Å². The third-order valence-corrected chi connectivity index (χ3v) is 5.58. The molecule has 1 saturated heterocycles. The van der Waals surface area contributed by atoms with Crippen LogP contribution in [-0.2, 0) is 14.3 Å². The van der Waals surface area contributed by atoms with Crippen molar-refractivity contribution in [2.45, 2.75) is 33.6 Å². The van der Waals surface area contributed by atoms with E-state index in [-0.39, 0.29) is 35.8 Å². The van der Waals surface area contributed by atoms with Crippen molar-refractivity contribution < 1.29 is 23.9 Å². The maximum atomic E-state index is 12.5. The Morgan fingerprint density at radius 3 is 2.32 bits per heavy atom. The van der Waals surface area contributed by atoms with Gasteiger partial charge >= 0.3 is 5.97 Å². The summed E-state index contributed by atoms with van der Waals surface area (Å²) in [6, 6.07) is 9.26. The summed E-state index contributed by atoms with van der Waals surface area (Å²) in [4.78, 5) is 53.4. The Balaban J connectivity index is 1.48. The van der Waals surface area contributed by atoms with Gasteiger partial charge in [-0.1, -0.05) is 18.2 Å². The van der Waals surface area contributed by atoms with Crippen molar-refractivity contribution in [3.63, 3.8) is 0 Å². The van der Waals surface area contributed by atoms with Crippen molar-refractivity contribution in [1.29, 1.82) is 0 Å². The van der Waals surface area contributed by atoms with Crippen molar-refractivity contribution in [3.8, 4) is 0 Å². The van der Waals surface area contributed by atoms with E-state index in [1.54, 1.807) is 18.7 Å². The molecule has 2 heterocycles. The molecule has 8 nitrogen and oxygen atoms in total. The number of para-hydroxylation sites is 1. The maximum absolute atomic E-state index is 12.5. The molecule has 1 fully saturated rings. The van der Waals surface area contributed by atoms with Crippen LogP contribution in [0.5, 0.6) is 0 Å². The second-order valence-electron chi connectivity index (χ2n) is 7.77. The first kappa shape index (κ1) is 22.3. The topological polar surface area (TPSA) is 109 Å². The molecule has 1 aromatic heterocycles. The summed E-state index contributed by atoms with van der Waals surface area (Å²) in [5.41, 5.74) is 2.52. The van der Waals surface area contributed by atoms with Crippen LogP contribution in [0.15, 0.2) is 30.3 Å². The molecular formula is C23H27N3O5. The molecule has 8 heteroatoms. The number of amides is 2. The summed E-state index contributed by atoms with van der Waals surface area (Å²) in [5.74, 6) is -1.33. The smallest absolute Gasteiger partial charge is 0.355 e. The SMILES string of the molecule is CC(=O)c1c(C)[nH]c(C(=O)OCC(=O)N2CCC(C(=O)Nc3ccccc3)CC2)c1C. The fraction of sp³-hybridized carbons (Fsp3) is 0.391. The first-order valence-corrected chi connectivity index (χ1v) is 10.3. The first-order valence-electron chi connectivity index (χ1n) is 10.3. The highest BCUT2D eigenvalue weighted by Gasteiger charge is 2.28. The largest absolute Gasteiger partial charge is 0.451 e. The molecule has 0 radical (unpaired) electrons. The van der Waals surface area contributed by atoms with E-state index >= 15 is 0 Å². The molecule has 2 aromatic rings. The van der Waals surface area contributed by atoms with Crippen LogP contribution in [-0.4, -0.2) is 53.1 Å². The zero-order valence-corrected chi connectivity index (χ0v) is 18.0. The molecule has 164 valence electrons. The van der Waals surface area contributed by atoms with E-state index in [4.69, 9.17) is 4.74 Å². The van der Waals surface area contributed by atoms with E-state index in [2.05, 4.69) is 10.3 Å². The van der Waals surface area contributed by atoms with Gasteiger partial charge in [0.1, 0.15) is 5.69 Å². The second kappa shape index (κ2) is 9.59. The number of H-pyrrole nitrogens is 1. The fourth-order valence-corrected chi connectivity index (χ4v) is 3.93. The van der Waals surface area contributed by atoms with Gasteiger partial charge in [0.05, 0.1) is 0 Å². The van der Waals surface area contributed by atoms with Crippen molar-refractivity contribution in [3.05, 3.63) is 52.8 Å².